The summed E-state index contributed by atoms with van der Waals surface area (Å²) in [4.78, 5) is 23.2. The summed E-state index contributed by atoms with van der Waals surface area (Å²) in [7, 11) is 0. The number of aryl methyl sites for hydroxylation is 1. The highest BCUT2D eigenvalue weighted by atomic mass is 19.4. The molecule has 0 saturated heterocycles. The Hall–Kier alpha value is -2.88. The third-order valence-corrected chi connectivity index (χ3v) is 3.15. The van der Waals surface area contributed by atoms with Crippen LogP contribution in [0, 0.1) is 6.92 Å². The lowest BCUT2D eigenvalue weighted by molar-refractivity contribution is -0.137. The van der Waals surface area contributed by atoms with E-state index in [-0.39, 0.29) is 17.9 Å². The molecule has 2 rings (SSSR count). The molecule has 2 amide bonds. The number of nitrogens with one attached hydrogen (secondary N) is 2. The van der Waals surface area contributed by atoms with Crippen LogP contribution in [0.25, 0.3) is 0 Å². The van der Waals surface area contributed by atoms with Gasteiger partial charge in [0.25, 0.3) is 0 Å². The van der Waals surface area contributed by atoms with Gasteiger partial charge in [0, 0.05) is 12.6 Å². The molecule has 0 radical (unpaired) electrons. The monoisotopic (exact) mass is 357 g/mol. The number of carbonyl (C=O) groups is 2. The van der Waals surface area contributed by atoms with Crippen molar-refractivity contribution in [1.29, 1.82) is 0 Å². The van der Waals surface area contributed by atoms with Crippen LogP contribution in [0.5, 0.6) is 0 Å². The molecule has 1 unspecified atom stereocenters. The summed E-state index contributed by atoms with van der Waals surface area (Å²) < 4.78 is 42.1. The number of anilines is 1. The number of nitrogens with zero attached hydrogens (tertiary/aromatic N) is 1. The van der Waals surface area contributed by atoms with E-state index in [1.165, 1.54) is 6.07 Å². The maximum atomic E-state index is 12.5. The Kier molecular flexibility index (Phi) is 5.42. The molecule has 25 heavy (non-hydrogen) atoms. The van der Waals surface area contributed by atoms with Gasteiger partial charge in [0.2, 0.25) is 0 Å². The zero-order valence-corrected chi connectivity index (χ0v) is 12.9. The van der Waals surface area contributed by atoms with Crippen LogP contribution < -0.4 is 10.6 Å². The highest BCUT2D eigenvalue weighted by Crippen LogP contribution is 2.29. The van der Waals surface area contributed by atoms with Crippen molar-refractivity contribution in [3.63, 3.8) is 0 Å². The molecule has 0 aliphatic carbocycles. The number of hydrogen-bond donors (Lipinski definition) is 3. The minimum atomic E-state index is -4.48. The van der Waals surface area contributed by atoms with Crippen LogP contribution in [0.15, 0.2) is 34.9 Å². The van der Waals surface area contributed by atoms with Crippen molar-refractivity contribution in [3.05, 3.63) is 47.2 Å². The molecule has 10 heteroatoms. The summed E-state index contributed by atoms with van der Waals surface area (Å²) in [6, 6.07) is 5.23. The molecule has 7 nitrogen and oxygen atoms in total. The van der Waals surface area contributed by atoms with Crippen LogP contribution in [-0.4, -0.2) is 28.6 Å². The van der Waals surface area contributed by atoms with E-state index in [9.17, 15) is 27.9 Å². The van der Waals surface area contributed by atoms with Gasteiger partial charge in [-0.2, -0.15) is 13.2 Å². The molecule has 1 atom stereocenters. The van der Waals surface area contributed by atoms with Crippen molar-refractivity contribution in [2.45, 2.75) is 19.2 Å². The molecule has 0 bridgehead atoms. The van der Waals surface area contributed by atoms with Gasteiger partial charge in [-0.1, -0.05) is 17.3 Å². The van der Waals surface area contributed by atoms with Crippen molar-refractivity contribution in [2.24, 2.45) is 0 Å². The van der Waals surface area contributed by atoms with Gasteiger partial charge >= 0.3 is 18.0 Å². The summed E-state index contributed by atoms with van der Waals surface area (Å²) in [5.41, 5.74) is -0.685. The smallest absolute Gasteiger partial charge is 0.387 e. The van der Waals surface area contributed by atoms with Crippen LogP contribution in [0.4, 0.5) is 19.0 Å². The first-order chi connectivity index (χ1) is 11.7. The largest absolute Gasteiger partial charge is 0.416 e. The first kappa shape index (κ1) is 18.5. The Morgan fingerprint density at radius 1 is 1.24 bits per heavy atom. The van der Waals surface area contributed by atoms with Gasteiger partial charge in [0.05, 0.1) is 11.7 Å². The standard InChI is InChI=1S/C15H14F3N3O4/c1-8-6-12(21-25-8)20-14(24)13(23)19-7-11(22)9-2-4-10(5-3-9)15(16,17)18/h2-6,11,22H,7H2,1H3,(H,19,23)(H,20,21,24). The first-order valence-electron chi connectivity index (χ1n) is 7.04. The molecule has 1 aromatic carbocycles. The molecule has 3 N–H and O–H groups in total. The number of amides is 2. The molecule has 134 valence electrons. The van der Waals surface area contributed by atoms with E-state index in [0.717, 1.165) is 24.3 Å². The summed E-state index contributed by atoms with van der Waals surface area (Å²) >= 11 is 0. The fraction of sp³-hybridized carbons (Fsp3) is 0.267. The highest BCUT2D eigenvalue weighted by molar-refractivity contribution is 6.39. The molecule has 0 saturated carbocycles. The zero-order chi connectivity index (χ0) is 18.6. The Labute approximate surface area is 139 Å². The number of aliphatic hydroxyl groups excluding tert-OH is 1. The molecule has 0 spiro atoms. The number of rotatable bonds is 4. The second-order valence-electron chi connectivity index (χ2n) is 5.12. The third-order valence-electron chi connectivity index (χ3n) is 3.15. The average molecular weight is 357 g/mol. The first-order valence-corrected chi connectivity index (χ1v) is 7.04. The topological polar surface area (TPSA) is 104 Å². The normalized spacial score (nSPS) is 12.5. The molecular formula is C15H14F3N3O4. The average Bonchev–Trinajstić information content (AvgIpc) is 2.96. The number of carbonyl (C=O) groups excluding carboxylic acids is 2. The molecule has 1 heterocycles. The molecule has 0 fully saturated rings. The summed E-state index contributed by atoms with van der Waals surface area (Å²) in [6.07, 6.45) is -5.75. The van der Waals surface area contributed by atoms with Crippen molar-refractivity contribution in [2.75, 3.05) is 11.9 Å². The molecule has 2 aromatic rings. The predicted molar refractivity (Wildman–Crippen MR) is 79.3 cm³/mol. The third kappa shape index (κ3) is 5.05. The van der Waals surface area contributed by atoms with Gasteiger partial charge in [-0.3, -0.25) is 14.9 Å². The van der Waals surface area contributed by atoms with Gasteiger partial charge < -0.3 is 14.9 Å². The van der Waals surface area contributed by atoms with E-state index in [2.05, 4.69) is 15.8 Å². The fourth-order valence-electron chi connectivity index (χ4n) is 1.88. The van der Waals surface area contributed by atoms with Crippen LogP contribution in [0.1, 0.15) is 23.0 Å². The Morgan fingerprint density at radius 3 is 2.40 bits per heavy atom. The van der Waals surface area contributed by atoms with Gasteiger partial charge in [-0.15, -0.1) is 0 Å². The molecule has 0 aliphatic heterocycles. The second kappa shape index (κ2) is 7.34. The van der Waals surface area contributed by atoms with Crippen molar-refractivity contribution in [1.82, 2.24) is 10.5 Å². The maximum Gasteiger partial charge on any atom is 0.416 e. The minimum Gasteiger partial charge on any atom is -0.387 e. The van der Waals surface area contributed by atoms with Crippen molar-refractivity contribution >= 4 is 17.6 Å². The van der Waals surface area contributed by atoms with Gasteiger partial charge in [0.1, 0.15) is 5.76 Å². The Balaban J connectivity index is 1.87. The van der Waals surface area contributed by atoms with E-state index >= 15 is 0 Å². The van der Waals surface area contributed by atoms with Crippen LogP contribution in [0.3, 0.4) is 0 Å². The lowest BCUT2D eigenvalue weighted by Crippen LogP contribution is -2.37. The number of benzene rings is 1. The van der Waals surface area contributed by atoms with Crippen LogP contribution >= 0.6 is 0 Å². The van der Waals surface area contributed by atoms with E-state index < -0.39 is 29.7 Å². The summed E-state index contributed by atoms with van der Waals surface area (Å²) in [5, 5.41) is 17.7. The molecular weight excluding hydrogens is 343 g/mol. The quantitative estimate of drug-likeness (QED) is 0.724. The SMILES string of the molecule is Cc1cc(NC(=O)C(=O)NCC(O)c2ccc(C(F)(F)F)cc2)no1. The number of alkyl halides is 3. The van der Waals surface area contributed by atoms with Crippen molar-refractivity contribution in [3.8, 4) is 0 Å². The predicted octanol–water partition coefficient (Wildman–Crippen LogP) is 1.79. The molecule has 0 aliphatic rings. The number of halogens is 3. The number of aliphatic hydroxyl groups is 1. The van der Waals surface area contributed by atoms with E-state index in [1.807, 2.05) is 0 Å². The maximum absolute atomic E-state index is 12.5. The van der Waals surface area contributed by atoms with E-state index in [1.54, 1.807) is 6.92 Å². The lowest BCUT2D eigenvalue weighted by atomic mass is 10.1. The number of aromatic nitrogens is 1. The van der Waals surface area contributed by atoms with Crippen LogP contribution in [0.2, 0.25) is 0 Å². The van der Waals surface area contributed by atoms with Crippen molar-refractivity contribution < 1.29 is 32.4 Å². The minimum absolute atomic E-state index is 0.0564. The van der Waals surface area contributed by atoms with Gasteiger partial charge in [-0.05, 0) is 24.6 Å². The number of hydrogen-bond acceptors (Lipinski definition) is 5. The highest BCUT2D eigenvalue weighted by Gasteiger charge is 2.30. The fourth-order valence-corrected chi connectivity index (χ4v) is 1.88. The molecule has 1 aromatic heterocycles. The Morgan fingerprint density at radius 2 is 1.88 bits per heavy atom. The van der Waals surface area contributed by atoms with E-state index in [4.69, 9.17) is 4.52 Å². The van der Waals surface area contributed by atoms with Crippen LogP contribution in [-0.2, 0) is 15.8 Å². The lowest BCUT2D eigenvalue weighted by Gasteiger charge is -2.13. The van der Waals surface area contributed by atoms with E-state index in [0.29, 0.717) is 5.76 Å². The Bertz CT molecular complexity index is 756. The summed E-state index contributed by atoms with van der Waals surface area (Å²) in [5.74, 6) is -1.56. The van der Waals surface area contributed by atoms with Gasteiger partial charge in [0.15, 0.2) is 5.82 Å². The van der Waals surface area contributed by atoms with Gasteiger partial charge in [-0.25, -0.2) is 0 Å². The zero-order valence-electron chi connectivity index (χ0n) is 12.9. The second-order valence-corrected chi connectivity index (χ2v) is 5.12. The summed E-state index contributed by atoms with van der Waals surface area (Å²) in [6.45, 7) is 1.25.